The molecular formula is C29H32N2O5S. The summed E-state index contributed by atoms with van der Waals surface area (Å²) in [5.41, 5.74) is 2.23. The Morgan fingerprint density at radius 1 is 0.811 bits per heavy atom. The van der Waals surface area contributed by atoms with Gasteiger partial charge < -0.3 is 18.9 Å². The summed E-state index contributed by atoms with van der Waals surface area (Å²) in [6.45, 7) is 9.88. The summed E-state index contributed by atoms with van der Waals surface area (Å²) in [4.78, 5) is 20.6. The van der Waals surface area contributed by atoms with E-state index in [2.05, 4.69) is 0 Å². The fourth-order valence-electron chi connectivity index (χ4n) is 3.92. The molecule has 0 aliphatic carbocycles. The van der Waals surface area contributed by atoms with Crippen molar-refractivity contribution < 1.29 is 23.7 Å². The fourth-order valence-corrected chi connectivity index (χ4v) is 4.92. The Hall–Kier alpha value is -3.78. The highest BCUT2D eigenvalue weighted by molar-refractivity contribution is 7.22. The number of amides is 1. The van der Waals surface area contributed by atoms with Gasteiger partial charge in [-0.25, -0.2) is 4.98 Å². The first-order chi connectivity index (χ1) is 18.1. The van der Waals surface area contributed by atoms with Crippen LogP contribution in [0.15, 0.2) is 60.7 Å². The normalized spacial score (nSPS) is 10.8. The predicted octanol–water partition coefficient (Wildman–Crippen LogP) is 6.74. The lowest BCUT2D eigenvalue weighted by Gasteiger charge is -2.22. The van der Waals surface area contributed by atoms with Crippen LogP contribution in [-0.2, 0) is 6.54 Å². The maximum absolute atomic E-state index is 14.1. The Morgan fingerprint density at radius 2 is 1.46 bits per heavy atom. The molecule has 0 atom stereocenters. The molecule has 0 spiro atoms. The van der Waals surface area contributed by atoms with Crippen LogP contribution < -0.4 is 23.8 Å². The summed E-state index contributed by atoms with van der Waals surface area (Å²) in [5, 5.41) is 0.599. The first-order valence-corrected chi connectivity index (χ1v) is 13.3. The minimum atomic E-state index is -0.210. The number of benzene rings is 3. The van der Waals surface area contributed by atoms with Crippen molar-refractivity contribution >= 4 is 32.6 Å². The number of anilines is 1. The number of ether oxygens (including phenoxy) is 4. The number of thiazole rings is 1. The van der Waals surface area contributed by atoms with E-state index in [1.54, 1.807) is 17.0 Å². The van der Waals surface area contributed by atoms with E-state index in [4.69, 9.17) is 23.9 Å². The van der Waals surface area contributed by atoms with Crippen LogP contribution in [0.1, 0.15) is 43.6 Å². The van der Waals surface area contributed by atoms with E-state index in [1.807, 2.05) is 76.2 Å². The van der Waals surface area contributed by atoms with E-state index in [-0.39, 0.29) is 5.91 Å². The number of carbonyl (C=O) groups is 1. The lowest BCUT2D eigenvalue weighted by atomic mass is 10.1. The van der Waals surface area contributed by atoms with Gasteiger partial charge in [-0.1, -0.05) is 41.7 Å². The van der Waals surface area contributed by atoms with Crippen LogP contribution in [0.3, 0.4) is 0 Å². The van der Waals surface area contributed by atoms with E-state index < -0.39 is 0 Å². The molecule has 194 valence electrons. The second kappa shape index (κ2) is 12.5. The van der Waals surface area contributed by atoms with Crippen molar-refractivity contribution in [2.24, 2.45) is 0 Å². The molecule has 4 aromatic rings. The molecule has 0 radical (unpaired) electrons. The lowest BCUT2D eigenvalue weighted by Crippen LogP contribution is -2.30. The van der Waals surface area contributed by atoms with Crippen LogP contribution in [0, 0.1) is 0 Å². The molecule has 0 N–H and O–H groups in total. The molecule has 1 heterocycles. The molecule has 0 saturated carbocycles. The third kappa shape index (κ3) is 6.14. The zero-order valence-corrected chi connectivity index (χ0v) is 22.5. The van der Waals surface area contributed by atoms with Crippen molar-refractivity contribution in [3.63, 3.8) is 0 Å². The maximum Gasteiger partial charge on any atom is 0.260 e. The zero-order valence-electron chi connectivity index (χ0n) is 21.7. The molecule has 7 nitrogen and oxygen atoms in total. The van der Waals surface area contributed by atoms with Gasteiger partial charge in [0.25, 0.3) is 5.91 Å². The third-order valence-corrected chi connectivity index (χ3v) is 6.52. The molecule has 0 fully saturated rings. The molecule has 0 aliphatic rings. The van der Waals surface area contributed by atoms with E-state index >= 15 is 0 Å². The molecule has 8 heteroatoms. The number of hydrogen-bond donors (Lipinski definition) is 0. The number of rotatable bonds is 12. The molecule has 0 bridgehead atoms. The molecular weight excluding hydrogens is 488 g/mol. The molecule has 4 rings (SSSR count). The number of hydrogen-bond acceptors (Lipinski definition) is 7. The van der Waals surface area contributed by atoms with Gasteiger partial charge in [-0.2, -0.15) is 0 Å². The first kappa shape index (κ1) is 26.3. The highest BCUT2D eigenvalue weighted by Crippen LogP contribution is 2.40. The standard InChI is InChI=1S/C29H32N2O5S/c1-5-33-22-14-15-23-26(18-22)37-29(30-23)31(19-20-12-10-9-11-13-20)28(32)21-16-24(34-6-2)27(36-8-4)25(17-21)35-7-3/h9-18H,5-8,19H2,1-4H3. The van der Waals surface area contributed by atoms with Crippen molar-refractivity contribution in [3.05, 3.63) is 71.8 Å². The van der Waals surface area contributed by atoms with Gasteiger partial charge in [0.05, 0.1) is 43.2 Å². The summed E-state index contributed by atoms with van der Waals surface area (Å²) in [7, 11) is 0. The lowest BCUT2D eigenvalue weighted by molar-refractivity contribution is 0.0984. The summed E-state index contributed by atoms with van der Waals surface area (Å²) >= 11 is 1.45. The smallest absolute Gasteiger partial charge is 0.260 e. The average Bonchev–Trinajstić information content (AvgIpc) is 3.33. The molecule has 3 aromatic carbocycles. The van der Waals surface area contributed by atoms with Gasteiger partial charge >= 0.3 is 0 Å². The van der Waals surface area contributed by atoms with E-state index in [9.17, 15) is 4.79 Å². The summed E-state index contributed by atoms with van der Waals surface area (Å²) in [5.74, 6) is 2.02. The predicted molar refractivity (Wildman–Crippen MR) is 148 cm³/mol. The Morgan fingerprint density at radius 3 is 2.08 bits per heavy atom. The Bertz CT molecular complexity index is 1310. The highest BCUT2D eigenvalue weighted by atomic mass is 32.1. The number of fused-ring (bicyclic) bond motifs is 1. The van der Waals surface area contributed by atoms with Gasteiger partial charge in [-0.3, -0.25) is 9.69 Å². The van der Waals surface area contributed by atoms with Gasteiger partial charge in [0.2, 0.25) is 5.75 Å². The largest absolute Gasteiger partial charge is 0.494 e. The number of aromatic nitrogens is 1. The van der Waals surface area contributed by atoms with Crippen LogP contribution in [0.25, 0.3) is 10.2 Å². The Balaban J connectivity index is 1.80. The monoisotopic (exact) mass is 520 g/mol. The fraction of sp³-hybridized carbons (Fsp3) is 0.310. The molecule has 1 aromatic heterocycles. The van der Waals surface area contributed by atoms with Crippen LogP contribution in [0.5, 0.6) is 23.0 Å². The molecule has 0 saturated heterocycles. The zero-order chi connectivity index (χ0) is 26.2. The summed E-state index contributed by atoms with van der Waals surface area (Å²) in [6.07, 6.45) is 0. The third-order valence-electron chi connectivity index (χ3n) is 5.48. The summed E-state index contributed by atoms with van der Waals surface area (Å²) < 4.78 is 24.1. The molecule has 37 heavy (non-hydrogen) atoms. The van der Waals surface area contributed by atoms with Crippen molar-refractivity contribution in [1.29, 1.82) is 0 Å². The Labute approximate surface area is 221 Å². The minimum Gasteiger partial charge on any atom is -0.494 e. The minimum absolute atomic E-state index is 0.210. The van der Waals surface area contributed by atoms with E-state index in [1.165, 1.54) is 11.3 Å². The SMILES string of the molecule is CCOc1ccc2nc(N(Cc3ccccc3)C(=O)c3cc(OCC)c(OCC)c(OCC)c3)sc2c1. The van der Waals surface area contributed by atoms with Crippen LogP contribution in [0.4, 0.5) is 5.13 Å². The number of carbonyl (C=O) groups excluding carboxylic acids is 1. The second-order valence-electron chi connectivity index (χ2n) is 8.04. The van der Waals surface area contributed by atoms with Gasteiger partial charge in [0.15, 0.2) is 16.6 Å². The van der Waals surface area contributed by atoms with Crippen molar-refractivity contribution in [1.82, 2.24) is 4.98 Å². The quantitative estimate of drug-likeness (QED) is 0.206. The van der Waals surface area contributed by atoms with E-state index in [0.29, 0.717) is 60.9 Å². The van der Waals surface area contributed by atoms with Crippen molar-refractivity contribution in [2.45, 2.75) is 34.2 Å². The highest BCUT2D eigenvalue weighted by Gasteiger charge is 2.25. The molecule has 0 aliphatic heterocycles. The van der Waals surface area contributed by atoms with E-state index in [0.717, 1.165) is 21.5 Å². The van der Waals surface area contributed by atoms with Gasteiger partial charge in [-0.05, 0) is 63.6 Å². The van der Waals surface area contributed by atoms with Crippen molar-refractivity contribution in [2.75, 3.05) is 31.3 Å². The topological polar surface area (TPSA) is 70.1 Å². The maximum atomic E-state index is 14.1. The van der Waals surface area contributed by atoms with Crippen LogP contribution in [0.2, 0.25) is 0 Å². The van der Waals surface area contributed by atoms with Gasteiger partial charge in [0.1, 0.15) is 5.75 Å². The second-order valence-corrected chi connectivity index (χ2v) is 9.05. The van der Waals surface area contributed by atoms with Gasteiger partial charge in [0, 0.05) is 5.56 Å². The van der Waals surface area contributed by atoms with Crippen LogP contribution >= 0.6 is 11.3 Å². The summed E-state index contributed by atoms with van der Waals surface area (Å²) in [6, 6.07) is 19.1. The first-order valence-electron chi connectivity index (χ1n) is 12.5. The van der Waals surface area contributed by atoms with Gasteiger partial charge in [-0.15, -0.1) is 0 Å². The number of nitrogens with zero attached hydrogens (tertiary/aromatic N) is 2. The Kier molecular flexibility index (Phi) is 8.85. The van der Waals surface area contributed by atoms with Crippen molar-refractivity contribution in [3.8, 4) is 23.0 Å². The average molecular weight is 521 g/mol. The van der Waals surface area contributed by atoms with Crippen LogP contribution in [-0.4, -0.2) is 37.3 Å². The molecule has 0 unspecified atom stereocenters. The molecule has 1 amide bonds.